The third-order valence-corrected chi connectivity index (χ3v) is 4.26. The van der Waals surface area contributed by atoms with Crippen LogP contribution in [0.5, 0.6) is 5.75 Å². The van der Waals surface area contributed by atoms with Crippen molar-refractivity contribution in [2.45, 2.75) is 31.6 Å². The predicted molar refractivity (Wildman–Crippen MR) is 91.9 cm³/mol. The number of aromatic carboxylic acids is 1. The molecule has 0 radical (unpaired) electrons. The van der Waals surface area contributed by atoms with Gasteiger partial charge >= 0.3 is 13.1 Å². The summed E-state index contributed by atoms with van der Waals surface area (Å²) in [6, 6.07) is 4.78. The number of fused-ring (bicyclic) bond motifs is 1. The van der Waals surface area contributed by atoms with Gasteiger partial charge in [0, 0.05) is 25.0 Å². The smallest absolute Gasteiger partial charge is 0.526 e. The van der Waals surface area contributed by atoms with Gasteiger partial charge in [0.15, 0.2) is 0 Å². The van der Waals surface area contributed by atoms with Crippen molar-refractivity contribution >= 4 is 18.9 Å². The van der Waals surface area contributed by atoms with Crippen LogP contribution in [-0.4, -0.2) is 50.5 Å². The van der Waals surface area contributed by atoms with E-state index in [1.54, 1.807) is 23.0 Å². The van der Waals surface area contributed by atoms with Gasteiger partial charge in [-0.2, -0.15) is 0 Å². The molecule has 1 atom stereocenters. The molecule has 4 N–H and O–H groups in total. The molecule has 26 heavy (non-hydrogen) atoms. The predicted octanol–water partition coefficient (Wildman–Crippen LogP) is -0.0775. The number of benzene rings is 1. The summed E-state index contributed by atoms with van der Waals surface area (Å²) in [4.78, 5) is 23.6. The zero-order valence-corrected chi connectivity index (χ0v) is 14.0. The summed E-state index contributed by atoms with van der Waals surface area (Å²) in [6.45, 7) is 0.957. The van der Waals surface area contributed by atoms with Crippen LogP contribution in [0.2, 0.25) is 5.82 Å². The van der Waals surface area contributed by atoms with Gasteiger partial charge in [0.2, 0.25) is 0 Å². The largest absolute Gasteiger partial charge is 0.535 e. The minimum absolute atomic E-state index is 0.00263. The first-order valence-electron chi connectivity index (χ1n) is 8.28. The number of nitrogens with two attached hydrogens (primary N) is 1. The second-order valence-electron chi connectivity index (χ2n) is 6.25. The molecule has 0 aliphatic carbocycles. The molecular weight excluding hydrogens is 339 g/mol. The Labute approximate surface area is 149 Å². The number of carbonyl (C=O) groups is 2. The number of rotatable bonds is 7. The summed E-state index contributed by atoms with van der Waals surface area (Å²) in [5.74, 6) is -1.50. The van der Waals surface area contributed by atoms with Gasteiger partial charge in [-0.3, -0.25) is 9.48 Å². The highest BCUT2D eigenvalue weighted by molar-refractivity contribution is 6.47. The molecule has 0 bridgehead atoms. The molecule has 136 valence electrons. The van der Waals surface area contributed by atoms with Gasteiger partial charge in [-0.1, -0.05) is 17.3 Å². The van der Waals surface area contributed by atoms with E-state index in [1.807, 2.05) is 0 Å². The molecule has 10 heteroatoms. The minimum atomic E-state index is -1.24. The third-order valence-electron chi connectivity index (χ3n) is 4.26. The first-order valence-corrected chi connectivity index (χ1v) is 8.28. The van der Waals surface area contributed by atoms with Crippen molar-refractivity contribution in [3.8, 4) is 5.75 Å². The maximum Gasteiger partial charge on any atom is 0.526 e. The average Bonchev–Trinajstić information content (AvgIpc) is 3.02. The highest BCUT2D eigenvalue weighted by Crippen LogP contribution is 2.36. The van der Waals surface area contributed by atoms with Gasteiger partial charge in [-0.15, -0.1) is 5.10 Å². The zero-order valence-electron chi connectivity index (χ0n) is 14.0. The standard InChI is InChI=1S/C16H19BN4O5/c18-4-5-21-9-12(19-20-21)8-13(22)7-11-6-10-2-1-3-14(16(23)24)15(10)26-17(11)25/h1-3,9,11,25H,4-8,18H2,(H,23,24)/t11-/m1/s1. The van der Waals surface area contributed by atoms with Crippen molar-refractivity contribution in [3.05, 3.63) is 41.2 Å². The molecule has 0 amide bonds. The Morgan fingerprint density at radius 2 is 2.23 bits per heavy atom. The van der Waals surface area contributed by atoms with Crippen molar-refractivity contribution < 1.29 is 24.4 Å². The number of nitrogens with zero attached hydrogens (tertiary/aromatic N) is 3. The number of aromatic nitrogens is 3. The van der Waals surface area contributed by atoms with Gasteiger partial charge in [0.25, 0.3) is 0 Å². The van der Waals surface area contributed by atoms with E-state index in [-0.39, 0.29) is 29.9 Å². The Balaban J connectivity index is 1.66. The number of carboxylic acid groups (broad SMARTS) is 1. The van der Waals surface area contributed by atoms with Gasteiger partial charge in [-0.25, -0.2) is 4.79 Å². The summed E-state index contributed by atoms with van der Waals surface area (Å²) >= 11 is 0. The molecule has 0 unspecified atom stereocenters. The Kier molecular flexibility index (Phi) is 5.33. The maximum absolute atomic E-state index is 12.3. The van der Waals surface area contributed by atoms with Crippen molar-refractivity contribution in [1.82, 2.24) is 15.0 Å². The lowest BCUT2D eigenvalue weighted by atomic mass is 9.64. The highest BCUT2D eigenvalue weighted by Gasteiger charge is 2.37. The molecule has 2 aromatic rings. The van der Waals surface area contributed by atoms with E-state index in [4.69, 9.17) is 10.4 Å². The number of hydrogen-bond donors (Lipinski definition) is 3. The average molecular weight is 358 g/mol. The first kappa shape index (κ1) is 18.1. The summed E-state index contributed by atoms with van der Waals surface area (Å²) in [6.07, 6.45) is 2.24. The number of para-hydroxylation sites is 1. The SMILES string of the molecule is NCCn1cc(CC(=O)C[C@H]2Cc3cccc(C(=O)O)c3OB2O)nn1. The third kappa shape index (κ3) is 3.92. The fraction of sp³-hybridized carbons (Fsp3) is 0.375. The second kappa shape index (κ2) is 7.67. The normalized spacial score (nSPS) is 16.1. The van der Waals surface area contributed by atoms with E-state index in [0.29, 0.717) is 30.8 Å². The minimum Gasteiger partial charge on any atom is -0.535 e. The van der Waals surface area contributed by atoms with E-state index < -0.39 is 18.9 Å². The van der Waals surface area contributed by atoms with Crippen LogP contribution >= 0.6 is 0 Å². The van der Waals surface area contributed by atoms with Crippen LogP contribution < -0.4 is 10.4 Å². The fourth-order valence-electron chi connectivity index (χ4n) is 3.05. The highest BCUT2D eigenvalue weighted by atomic mass is 16.5. The lowest BCUT2D eigenvalue weighted by Gasteiger charge is -2.27. The van der Waals surface area contributed by atoms with Gasteiger partial charge < -0.3 is 20.5 Å². The summed E-state index contributed by atoms with van der Waals surface area (Å²) < 4.78 is 6.97. The van der Waals surface area contributed by atoms with E-state index in [1.165, 1.54) is 6.07 Å². The molecule has 1 aliphatic rings. The lowest BCUT2D eigenvalue weighted by molar-refractivity contribution is -0.118. The van der Waals surface area contributed by atoms with Crippen LogP contribution in [0, 0.1) is 0 Å². The Morgan fingerprint density at radius 1 is 1.42 bits per heavy atom. The van der Waals surface area contributed by atoms with Crippen molar-refractivity contribution in [2.75, 3.05) is 6.54 Å². The molecule has 1 aromatic heterocycles. The topological polar surface area (TPSA) is 141 Å². The molecule has 1 aromatic carbocycles. The number of carbonyl (C=O) groups excluding carboxylic acids is 1. The number of carboxylic acids is 1. The van der Waals surface area contributed by atoms with Crippen LogP contribution in [0.3, 0.4) is 0 Å². The Bertz CT molecular complexity index is 825. The molecular formula is C16H19BN4O5. The van der Waals surface area contributed by atoms with Gasteiger partial charge in [0.05, 0.1) is 24.2 Å². The van der Waals surface area contributed by atoms with Gasteiger partial charge in [0.1, 0.15) is 11.5 Å². The molecule has 0 saturated carbocycles. The van der Waals surface area contributed by atoms with Gasteiger partial charge in [-0.05, 0) is 18.1 Å². The van der Waals surface area contributed by atoms with Crippen molar-refractivity contribution in [1.29, 1.82) is 0 Å². The van der Waals surface area contributed by atoms with E-state index >= 15 is 0 Å². The van der Waals surface area contributed by atoms with Crippen LogP contribution in [0.1, 0.15) is 28.0 Å². The number of hydrogen-bond acceptors (Lipinski definition) is 7. The van der Waals surface area contributed by atoms with Crippen LogP contribution in [-0.2, 0) is 24.2 Å². The lowest BCUT2D eigenvalue weighted by Crippen LogP contribution is -2.36. The molecule has 0 saturated heterocycles. The van der Waals surface area contributed by atoms with Crippen LogP contribution in [0.25, 0.3) is 0 Å². The molecule has 9 nitrogen and oxygen atoms in total. The molecule has 0 fully saturated rings. The molecule has 1 aliphatic heterocycles. The quantitative estimate of drug-likeness (QED) is 0.584. The Hall–Kier alpha value is -2.72. The first-order chi connectivity index (χ1) is 12.5. The van der Waals surface area contributed by atoms with Crippen molar-refractivity contribution in [3.63, 3.8) is 0 Å². The monoisotopic (exact) mass is 358 g/mol. The summed E-state index contributed by atoms with van der Waals surface area (Å²) in [5.41, 5.74) is 6.66. The summed E-state index contributed by atoms with van der Waals surface area (Å²) in [7, 11) is -1.24. The molecule has 3 rings (SSSR count). The molecule has 0 spiro atoms. The zero-order chi connectivity index (χ0) is 18.7. The second-order valence-corrected chi connectivity index (χ2v) is 6.25. The van der Waals surface area contributed by atoms with E-state index in [9.17, 15) is 19.7 Å². The van der Waals surface area contributed by atoms with E-state index in [0.717, 1.165) is 0 Å². The fourth-order valence-corrected chi connectivity index (χ4v) is 3.05. The number of ketones is 1. The van der Waals surface area contributed by atoms with Crippen LogP contribution in [0.4, 0.5) is 0 Å². The molecule has 2 heterocycles. The Morgan fingerprint density at radius 3 is 2.96 bits per heavy atom. The summed E-state index contributed by atoms with van der Waals surface area (Å²) in [5, 5.41) is 27.2. The maximum atomic E-state index is 12.3. The van der Waals surface area contributed by atoms with Crippen LogP contribution in [0.15, 0.2) is 24.4 Å². The van der Waals surface area contributed by atoms with E-state index in [2.05, 4.69) is 10.3 Å². The number of Topliss-reactive ketones (excluding diaryl/α,β-unsaturated/α-hetero) is 1. The van der Waals surface area contributed by atoms with Crippen molar-refractivity contribution in [2.24, 2.45) is 5.73 Å².